The molecule has 0 radical (unpaired) electrons. The zero-order valence-corrected chi connectivity index (χ0v) is 11.9. The van der Waals surface area contributed by atoms with E-state index in [1.807, 2.05) is 36.4 Å². The highest BCUT2D eigenvalue weighted by Gasteiger charge is 2.19. The van der Waals surface area contributed by atoms with E-state index in [0.717, 1.165) is 17.2 Å². The van der Waals surface area contributed by atoms with Crippen LogP contribution in [-0.2, 0) is 20.7 Å². The van der Waals surface area contributed by atoms with E-state index < -0.39 is 18.0 Å². The van der Waals surface area contributed by atoms with Gasteiger partial charge in [-0.05, 0) is 17.2 Å². The van der Waals surface area contributed by atoms with Crippen LogP contribution < -0.4 is 0 Å². The minimum atomic E-state index is -1.36. The molecule has 1 unspecified atom stereocenters. The van der Waals surface area contributed by atoms with E-state index in [1.165, 1.54) is 0 Å². The number of carbonyl (C=O) groups excluding carboxylic acids is 2. The van der Waals surface area contributed by atoms with Crippen molar-refractivity contribution in [1.29, 1.82) is 0 Å². The van der Waals surface area contributed by atoms with Gasteiger partial charge in [-0.1, -0.05) is 60.7 Å². The molecule has 22 heavy (non-hydrogen) atoms. The van der Waals surface area contributed by atoms with Crippen LogP contribution in [0, 0.1) is 0 Å². The number of benzene rings is 2. The summed E-state index contributed by atoms with van der Waals surface area (Å²) < 4.78 is 4.59. The van der Waals surface area contributed by atoms with Crippen LogP contribution in [0.4, 0.5) is 0 Å². The lowest BCUT2D eigenvalue weighted by Gasteiger charge is -2.08. The summed E-state index contributed by atoms with van der Waals surface area (Å²) in [6.45, 7) is 0. The molecule has 2 rings (SSSR count). The Bertz CT molecular complexity index is 647. The molecule has 4 nitrogen and oxygen atoms in total. The van der Waals surface area contributed by atoms with Gasteiger partial charge < -0.3 is 9.84 Å². The third-order valence-corrected chi connectivity index (χ3v) is 2.96. The molecule has 2 aromatic carbocycles. The highest BCUT2D eigenvalue weighted by Crippen LogP contribution is 2.05. The van der Waals surface area contributed by atoms with Crippen LogP contribution in [0.25, 0.3) is 6.08 Å². The number of ether oxygens (including phenoxy) is 1. The third kappa shape index (κ3) is 5.00. The summed E-state index contributed by atoms with van der Waals surface area (Å²) >= 11 is 0. The number of aliphatic hydroxyl groups excluding tert-OH is 1. The lowest BCUT2D eigenvalue weighted by atomic mass is 10.1. The molecule has 0 aromatic heterocycles. The van der Waals surface area contributed by atoms with E-state index in [-0.39, 0.29) is 6.42 Å². The van der Waals surface area contributed by atoms with Gasteiger partial charge in [-0.2, -0.15) is 0 Å². The quantitative estimate of drug-likeness (QED) is 0.523. The van der Waals surface area contributed by atoms with Crippen LogP contribution in [0.3, 0.4) is 0 Å². The van der Waals surface area contributed by atoms with Crippen molar-refractivity contribution in [2.45, 2.75) is 12.5 Å². The van der Waals surface area contributed by atoms with Crippen molar-refractivity contribution >= 4 is 18.0 Å². The Kier molecular flexibility index (Phi) is 5.63. The van der Waals surface area contributed by atoms with Crippen molar-refractivity contribution in [3.63, 3.8) is 0 Å². The van der Waals surface area contributed by atoms with Gasteiger partial charge >= 0.3 is 11.9 Å². The van der Waals surface area contributed by atoms with Gasteiger partial charge in [0.15, 0.2) is 6.10 Å². The molecule has 0 aliphatic carbocycles. The fraction of sp³-hybridized carbons (Fsp3) is 0.111. The highest BCUT2D eigenvalue weighted by atomic mass is 16.6. The molecular formula is C18H16O4. The smallest absolute Gasteiger partial charge is 0.343 e. The maximum absolute atomic E-state index is 11.6. The molecule has 0 saturated carbocycles. The van der Waals surface area contributed by atoms with Gasteiger partial charge in [0, 0.05) is 12.5 Å². The summed E-state index contributed by atoms with van der Waals surface area (Å²) in [5.74, 6) is -1.76. The van der Waals surface area contributed by atoms with Gasteiger partial charge in [-0.3, -0.25) is 0 Å². The number of esters is 2. The van der Waals surface area contributed by atoms with Crippen LogP contribution in [0.2, 0.25) is 0 Å². The van der Waals surface area contributed by atoms with Crippen molar-refractivity contribution in [2.24, 2.45) is 0 Å². The van der Waals surface area contributed by atoms with Crippen molar-refractivity contribution in [1.82, 2.24) is 0 Å². The second kappa shape index (κ2) is 7.90. The number of aliphatic hydroxyl groups is 1. The topological polar surface area (TPSA) is 63.6 Å². The van der Waals surface area contributed by atoms with Gasteiger partial charge in [0.05, 0.1) is 0 Å². The van der Waals surface area contributed by atoms with E-state index >= 15 is 0 Å². The maximum atomic E-state index is 11.6. The highest BCUT2D eigenvalue weighted by molar-refractivity contribution is 5.96. The standard InChI is InChI=1S/C18H16O4/c19-16(13-15-9-5-2-6-10-15)18(21)22-17(20)12-11-14-7-3-1-4-8-14/h1-12,16,19H,13H2/b12-11+. The molecule has 0 saturated heterocycles. The fourth-order valence-electron chi connectivity index (χ4n) is 1.85. The zero-order chi connectivity index (χ0) is 15.8. The minimum absolute atomic E-state index is 0.107. The summed E-state index contributed by atoms with van der Waals surface area (Å²) in [5, 5.41) is 9.75. The second-order valence-corrected chi connectivity index (χ2v) is 4.69. The Morgan fingerprint density at radius 3 is 2.23 bits per heavy atom. The molecule has 0 aliphatic heterocycles. The van der Waals surface area contributed by atoms with Gasteiger partial charge in [0.2, 0.25) is 0 Å². The Morgan fingerprint density at radius 2 is 1.59 bits per heavy atom. The van der Waals surface area contributed by atoms with E-state index in [0.29, 0.717) is 0 Å². The first-order valence-electron chi connectivity index (χ1n) is 6.86. The van der Waals surface area contributed by atoms with Crippen molar-refractivity contribution < 1.29 is 19.4 Å². The predicted molar refractivity (Wildman–Crippen MR) is 82.7 cm³/mol. The predicted octanol–water partition coefficient (Wildman–Crippen LogP) is 2.37. The molecule has 0 bridgehead atoms. The molecule has 0 amide bonds. The summed E-state index contributed by atoms with van der Waals surface area (Å²) in [6, 6.07) is 18.2. The molecule has 0 heterocycles. The summed E-state index contributed by atoms with van der Waals surface area (Å²) in [6.07, 6.45) is 1.44. The lowest BCUT2D eigenvalue weighted by Crippen LogP contribution is -2.27. The fourth-order valence-corrected chi connectivity index (χ4v) is 1.85. The van der Waals surface area contributed by atoms with Crippen LogP contribution in [0.15, 0.2) is 66.7 Å². The number of carbonyl (C=O) groups is 2. The van der Waals surface area contributed by atoms with E-state index in [4.69, 9.17) is 0 Å². The van der Waals surface area contributed by atoms with Crippen LogP contribution in [0.5, 0.6) is 0 Å². The van der Waals surface area contributed by atoms with Gasteiger partial charge in [-0.25, -0.2) is 9.59 Å². The molecule has 0 spiro atoms. The summed E-state index contributed by atoms with van der Waals surface area (Å²) in [7, 11) is 0. The Morgan fingerprint density at radius 1 is 1.00 bits per heavy atom. The number of hydrogen-bond acceptors (Lipinski definition) is 4. The van der Waals surface area contributed by atoms with Gasteiger partial charge in [-0.15, -0.1) is 0 Å². The summed E-state index contributed by atoms with van der Waals surface area (Å²) in [4.78, 5) is 23.2. The van der Waals surface area contributed by atoms with E-state index in [9.17, 15) is 14.7 Å². The van der Waals surface area contributed by atoms with Crippen molar-refractivity contribution in [3.05, 3.63) is 77.9 Å². The Balaban J connectivity index is 1.85. The first-order valence-corrected chi connectivity index (χ1v) is 6.86. The first kappa shape index (κ1) is 15.7. The van der Waals surface area contributed by atoms with Crippen LogP contribution >= 0.6 is 0 Å². The molecule has 2 aromatic rings. The first-order chi connectivity index (χ1) is 10.6. The Labute approximate surface area is 128 Å². The largest absolute Gasteiger partial charge is 0.388 e. The average Bonchev–Trinajstić information content (AvgIpc) is 2.55. The number of rotatable bonds is 5. The SMILES string of the molecule is O=C(/C=C/c1ccccc1)OC(=O)C(O)Cc1ccccc1. The monoisotopic (exact) mass is 296 g/mol. The molecule has 112 valence electrons. The molecule has 0 fully saturated rings. The minimum Gasteiger partial charge on any atom is -0.388 e. The van der Waals surface area contributed by atoms with E-state index in [2.05, 4.69) is 4.74 Å². The molecule has 1 atom stereocenters. The van der Waals surface area contributed by atoms with Gasteiger partial charge in [0.1, 0.15) is 0 Å². The molecular weight excluding hydrogens is 280 g/mol. The lowest BCUT2D eigenvalue weighted by molar-refractivity contribution is -0.162. The second-order valence-electron chi connectivity index (χ2n) is 4.69. The van der Waals surface area contributed by atoms with Crippen molar-refractivity contribution in [3.8, 4) is 0 Å². The Hall–Kier alpha value is -2.72. The van der Waals surface area contributed by atoms with Crippen molar-refractivity contribution in [2.75, 3.05) is 0 Å². The molecule has 0 aliphatic rings. The normalized spacial score (nSPS) is 12.0. The van der Waals surface area contributed by atoms with Crippen LogP contribution in [0.1, 0.15) is 11.1 Å². The van der Waals surface area contributed by atoms with Gasteiger partial charge in [0.25, 0.3) is 0 Å². The number of hydrogen-bond donors (Lipinski definition) is 1. The molecule has 4 heteroatoms. The zero-order valence-electron chi connectivity index (χ0n) is 11.9. The summed E-state index contributed by atoms with van der Waals surface area (Å²) in [5.41, 5.74) is 1.61. The molecule has 1 N–H and O–H groups in total. The maximum Gasteiger partial charge on any atom is 0.343 e. The van der Waals surface area contributed by atoms with E-state index in [1.54, 1.807) is 30.3 Å². The third-order valence-electron chi connectivity index (χ3n) is 2.96. The average molecular weight is 296 g/mol. The van der Waals surface area contributed by atoms with Crippen LogP contribution in [-0.4, -0.2) is 23.1 Å².